The zero-order chi connectivity index (χ0) is 19.2. The van der Waals surface area contributed by atoms with Gasteiger partial charge in [-0.15, -0.1) is 0 Å². The summed E-state index contributed by atoms with van der Waals surface area (Å²) in [4.78, 5) is 0. The van der Waals surface area contributed by atoms with Crippen LogP contribution in [-0.2, 0) is 16.1 Å². The quantitative estimate of drug-likeness (QED) is 0.573. The fourth-order valence-electron chi connectivity index (χ4n) is 4.23. The first-order valence-corrected chi connectivity index (χ1v) is 9.92. The molecule has 1 heterocycles. The van der Waals surface area contributed by atoms with Gasteiger partial charge in [0.15, 0.2) is 0 Å². The minimum absolute atomic E-state index is 0.168. The van der Waals surface area contributed by atoms with Crippen LogP contribution >= 0.6 is 0 Å². The highest BCUT2D eigenvalue weighted by Gasteiger charge is 2.40. The predicted octanol–water partition coefficient (Wildman–Crippen LogP) is 4.28. The third kappa shape index (κ3) is 5.22. The summed E-state index contributed by atoms with van der Waals surface area (Å²) in [6.45, 7) is 7.88. The Bertz CT molecular complexity index is 639. The van der Waals surface area contributed by atoms with Gasteiger partial charge in [-0.05, 0) is 55.9 Å². The Kier molecular flexibility index (Phi) is 7.11. The average molecular weight is 373 g/mol. The number of aliphatic hydroxyl groups excluding tert-OH is 1. The van der Waals surface area contributed by atoms with Gasteiger partial charge in [-0.2, -0.15) is 0 Å². The van der Waals surface area contributed by atoms with E-state index in [4.69, 9.17) is 14.2 Å². The van der Waals surface area contributed by atoms with Gasteiger partial charge in [-0.25, -0.2) is 0 Å². The van der Waals surface area contributed by atoms with Crippen LogP contribution in [0.15, 0.2) is 48.1 Å². The molecule has 2 aliphatic rings. The summed E-state index contributed by atoms with van der Waals surface area (Å²) in [7, 11) is 1.67. The van der Waals surface area contributed by atoms with Gasteiger partial charge in [-0.1, -0.05) is 30.4 Å². The molecule has 1 N–H and O–H groups in total. The fraction of sp³-hybridized carbons (Fsp3) is 0.565. The molecule has 4 heteroatoms. The minimum atomic E-state index is -0.300. The Morgan fingerprint density at radius 2 is 2.04 bits per heavy atom. The third-order valence-electron chi connectivity index (χ3n) is 5.92. The van der Waals surface area contributed by atoms with Crippen LogP contribution in [-0.4, -0.2) is 37.6 Å². The second-order valence-corrected chi connectivity index (χ2v) is 7.80. The Labute approximate surface area is 162 Å². The molecule has 1 aromatic carbocycles. The molecule has 148 valence electrons. The van der Waals surface area contributed by atoms with Crippen molar-refractivity contribution >= 4 is 0 Å². The average Bonchev–Trinajstić information content (AvgIpc) is 3.08. The van der Waals surface area contributed by atoms with Gasteiger partial charge in [0, 0.05) is 11.8 Å². The largest absolute Gasteiger partial charge is 0.497 e. The molecule has 0 unspecified atom stereocenters. The van der Waals surface area contributed by atoms with E-state index in [1.54, 1.807) is 7.11 Å². The van der Waals surface area contributed by atoms with E-state index in [1.807, 2.05) is 31.2 Å². The van der Waals surface area contributed by atoms with E-state index in [0.29, 0.717) is 19.8 Å². The SMILES string of the molecule is C=C(C)[C@H]1CC[C@H]([C@H]2CC/C(=C/COCc3ccc(OC)cc3)CO2)[C@H]1O. The first kappa shape index (κ1) is 20.1. The zero-order valence-corrected chi connectivity index (χ0v) is 16.5. The molecule has 0 radical (unpaired) electrons. The number of aliphatic hydroxyl groups is 1. The van der Waals surface area contributed by atoms with Gasteiger partial charge >= 0.3 is 0 Å². The monoisotopic (exact) mass is 372 g/mol. The van der Waals surface area contributed by atoms with Gasteiger partial charge in [0.05, 0.1) is 39.1 Å². The van der Waals surface area contributed by atoms with Crippen LogP contribution in [0.3, 0.4) is 0 Å². The molecule has 4 atom stereocenters. The first-order chi connectivity index (χ1) is 13.1. The summed E-state index contributed by atoms with van der Waals surface area (Å²) in [6, 6.07) is 7.93. The van der Waals surface area contributed by atoms with Crippen molar-refractivity contribution in [2.75, 3.05) is 20.3 Å². The summed E-state index contributed by atoms with van der Waals surface area (Å²) in [5.74, 6) is 1.35. The second-order valence-electron chi connectivity index (χ2n) is 7.80. The number of methoxy groups -OCH3 is 1. The fourth-order valence-corrected chi connectivity index (χ4v) is 4.23. The van der Waals surface area contributed by atoms with E-state index in [9.17, 15) is 5.11 Å². The molecule has 4 nitrogen and oxygen atoms in total. The van der Waals surface area contributed by atoms with Gasteiger partial charge in [0.1, 0.15) is 5.75 Å². The molecule has 1 aliphatic heterocycles. The van der Waals surface area contributed by atoms with E-state index in [-0.39, 0.29) is 24.0 Å². The highest BCUT2D eigenvalue weighted by atomic mass is 16.5. The molecule has 1 aromatic rings. The van der Waals surface area contributed by atoms with Crippen LogP contribution in [0.25, 0.3) is 0 Å². The van der Waals surface area contributed by atoms with E-state index in [1.165, 1.54) is 5.57 Å². The predicted molar refractivity (Wildman–Crippen MR) is 107 cm³/mol. The van der Waals surface area contributed by atoms with Crippen molar-refractivity contribution < 1.29 is 19.3 Å². The van der Waals surface area contributed by atoms with E-state index >= 15 is 0 Å². The number of rotatable bonds is 7. The molecular formula is C23H32O4. The maximum atomic E-state index is 10.6. The maximum Gasteiger partial charge on any atom is 0.118 e. The first-order valence-electron chi connectivity index (χ1n) is 9.92. The van der Waals surface area contributed by atoms with Crippen molar-refractivity contribution in [3.8, 4) is 5.75 Å². The van der Waals surface area contributed by atoms with Crippen LogP contribution in [0, 0.1) is 11.8 Å². The Balaban J connectivity index is 1.39. The number of ether oxygens (including phenoxy) is 3. The van der Waals surface area contributed by atoms with Gasteiger partial charge < -0.3 is 19.3 Å². The summed E-state index contributed by atoms with van der Waals surface area (Å²) in [6.07, 6.45) is 6.08. The standard InChI is InChI=1S/C23H32O4/c1-16(2)20-9-10-21(23(20)24)22-11-6-18(15-27-22)12-13-26-14-17-4-7-19(25-3)8-5-17/h4-5,7-8,12,20-24H,1,6,9-11,13-15H2,2-3H3/b18-12-/t20-,21-,22-,23+/m1/s1. The molecule has 0 bridgehead atoms. The molecule has 0 aromatic heterocycles. The highest BCUT2D eigenvalue weighted by molar-refractivity contribution is 5.26. The smallest absolute Gasteiger partial charge is 0.118 e. The normalized spacial score (nSPS) is 29.8. The van der Waals surface area contributed by atoms with Crippen LogP contribution in [0.1, 0.15) is 38.2 Å². The lowest BCUT2D eigenvalue weighted by molar-refractivity contribution is -0.0394. The molecule has 2 fully saturated rings. The van der Waals surface area contributed by atoms with E-state index < -0.39 is 0 Å². The Morgan fingerprint density at radius 3 is 2.63 bits per heavy atom. The van der Waals surface area contributed by atoms with E-state index in [0.717, 1.165) is 42.6 Å². The Hall–Kier alpha value is -1.62. The van der Waals surface area contributed by atoms with Gasteiger partial charge in [-0.3, -0.25) is 0 Å². The molecule has 0 amide bonds. The molecule has 1 saturated heterocycles. The van der Waals surface area contributed by atoms with Crippen molar-refractivity contribution in [1.29, 1.82) is 0 Å². The van der Waals surface area contributed by atoms with Crippen molar-refractivity contribution in [1.82, 2.24) is 0 Å². The lowest BCUT2D eigenvalue weighted by Crippen LogP contribution is -2.35. The molecule has 27 heavy (non-hydrogen) atoms. The molecule has 3 rings (SSSR count). The van der Waals surface area contributed by atoms with Crippen LogP contribution in [0.2, 0.25) is 0 Å². The van der Waals surface area contributed by atoms with E-state index in [2.05, 4.69) is 12.7 Å². The molecule has 1 saturated carbocycles. The lowest BCUT2D eigenvalue weighted by atomic mass is 9.88. The van der Waals surface area contributed by atoms with Crippen LogP contribution < -0.4 is 4.74 Å². The van der Waals surface area contributed by atoms with Crippen molar-refractivity contribution in [3.63, 3.8) is 0 Å². The summed E-state index contributed by atoms with van der Waals surface area (Å²) >= 11 is 0. The summed E-state index contributed by atoms with van der Waals surface area (Å²) < 4.78 is 17.0. The topological polar surface area (TPSA) is 47.9 Å². The highest BCUT2D eigenvalue weighted by Crippen LogP contribution is 2.40. The van der Waals surface area contributed by atoms with Crippen molar-refractivity contribution in [2.24, 2.45) is 11.8 Å². The van der Waals surface area contributed by atoms with Crippen molar-refractivity contribution in [2.45, 2.75) is 51.4 Å². The minimum Gasteiger partial charge on any atom is -0.497 e. The molecule has 1 aliphatic carbocycles. The maximum absolute atomic E-state index is 10.6. The third-order valence-corrected chi connectivity index (χ3v) is 5.92. The second kappa shape index (κ2) is 9.54. The number of hydrogen-bond donors (Lipinski definition) is 1. The van der Waals surface area contributed by atoms with Crippen LogP contribution in [0.5, 0.6) is 5.75 Å². The zero-order valence-electron chi connectivity index (χ0n) is 16.5. The number of benzene rings is 1. The summed E-state index contributed by atoms with van der Waals surface area (Å²) in [5.41, 5.74) is 3.52. The Morgan fingerprint density at radius 1 is 1.26 bits per heavy atom. The molecule has 0 spiro atoms. The van der Waals surface area contributed by atoms with Crippen molar-refractivity contribution in [3.05, 3.63) is 53.6 Å². The van der Waals surface area contributed by atoms with Crippen LogP contribution in [0.4, 0.5) is 0 Å². The van der Waals surface area contributed by atoms with Gasteiger partial charge in [0.25, 0.3) is 0 Å². The van der Waals surface area contributed by atoms with Gasteiger partial charge in [0.2, 0.25) is 0 Å². The number of hydrogen-bond acceptors (Lipinski definition) is 4. The lowest BCUT2D eigenvalue weighted by Gasteiger charge is -2.32. The summed E-state index contributed by atoms with van der Waals surface area (Å²) in [5, 5.41) is 10.6. The molecular weight excluding hydrogens is 340 g/mol.